The van der Waals surface area contributed by atoms with Gasteiger partial charge in [0.2, 0.25) is 0 Å². The molecule has 0 rings (SSSR count). The third-order valence-corrected chi connectivity index (χ3v) is 1.54. The van der Waals surface area contributed by atoms with Gasteiger partial charge < -0.3 is 4.74 Å². The predicted octanol–water partition coefficient (Wildman–Crippen LogP) is 2.87. The fourth-order valence-electron chi connectivity index (χ4n) is 0.766. The molecule has 0 aliphatic carbocycles. The van der Waals surface area contributed by atoms with Crippen LogP contribution in [0.2, 0.25) is 0 Å². The van der Waals surface area contributed by atoms with Crippen molar-refractivity contribution in [3.05, 3.63) is 0 Å². The first-order valence-electron chi connectivity index (χ1n) is 4.35. The molecule has 0 aromatic rings. The molecule has 0 aliphatic rings. The molecule has 0 saturated heterocycles. The number of esters is 1. The predicted molar refractivity (Wildman–Crippen MR) is 41.8 cm³/mol. The largest absolute Gasteiger partial charge is 0.459 e. The summed E-state index contributed by atoms with van der Waals surface area (Å²) in [5.41, 5.74) is 0. The fraction of sp³-hybridized carbons (Fsp3) is 0.875. The van der Waals surface area contributed by atoms with Crippen LogP contribution in [0, 0.1) is 0 Å². The van der Waals surface area contributed by atoms with Gasteiger partial charge in [-0.1, -0.05) is 6.92 Å². The van der Waals surface area contributed by atoms with E-state index in [9.17, 15) is 31.1 Å². The van der Waals surface area contributed by atoms with Crippen molar-refractivity contribution in [1.29, 1.82) is 0 Å². The molecule has 0 spiro atoms. The van der Waals surface area contributed by atoms with Crippen molar-refractivity contribution in [2.75, 3.05) is 6.61 Å². The standard InChI is InChI=1S/C8H10F6O2/c1-2-3-5(15)16-4-7(10,11)6(9)8(12,13)14/h6H,2-4H2,1H3. The molecule has 16 heavy (non-hydrogen) atoms. The minimum Gasteiger partial charge on any atom is -0.459 e. The van der Waals surface area contributed by atoms with Crippen LogP contribution in [0.15, 0.2) is 0 Å². The lowest BCUT2D eigenvalue weighted by molar-refractivity contribution is -0.254. The van der Waals surface area contributed by atoms with E-state index >= 15 is 0 Å². The molecule has 0 radical (unpaired) electrons. The molecule has 0 saturated carbocycles. The molecule has 0 N–H and O–H groups in total. The number of rotatable bonds is 5. The molecule has 0 fully saturated rings. The minimum atomic E-state index is -5.68. The highest BCUT2D eigenvalue weighted by Gasteiger charge is 2.57. The van der Waals surface area contributed by atoms with Crippen molar-refractivity contribution in [3.8, 4) is 0 Å². The van der Waals surface area contributed by atoms with Crippen LogP contribution in [0.25, 0.3) is 0 Å². The van der Waals surface area contributed by atoms with Crippen molar-refractivity contribution in [1.82, 2.24) is 0 Å². The third-order valence-electron chi connectivity index (χ3n) is 1.54. The van der Waals surface area contributed by atoms with E-state index in [1.807, 2.05) is 0 Å². The second-order valence-corrected chi connectivity index (χ2v) is 3.08. The summed E-state index contributed by atoms with van der Waals surface area (Å²) in [4.78, 5) is 10.6. The number of halogens is 6. The van der Waals surface area contributed by atoms with Gasteiger partial charge in [-0.2, -0.15) is 22.0 Å². The number of carbonyl (C=O) groups excluding carboxylic acids is 1. The first kappa shape index (κ1) is 15.0. The summed E-state index contributed by atoms with van der Waals surface area (Å²) in [6.07, 6.45) is -9.93. The highest BCUT2D eigenvalue weighted by molar-refractivity contribution is 5.69. The molecule has 1 unspecified atom stereocenters. The Labute approximate surface area is 87.6 Å². The van der Waals surface area contributed by atoms with Crippen LogP contribution in [0.4, 0.5) is 26.3 Å². The maximum Gasteiger partial charge on any atom is 0.425 e. The smallest absolute Gasteiger partial charge is 0.425 e. The van der Waals surface area contributed by atoms with Crippen molar-refractivity contribution >= 4 is 5.97 Å². The van der Waals surface area contributed by atoms with Gasteiger partial charge in [-0.15, -0.1) is 0 Å². The second kappa shape index (κ2) is 5.40. The quantitative estimate of drug-likeness (QED) is 0.555. The van der Waals surface area contributed by atoms with Crippen molar-refractivity contribution in [3.63, 3.8) is 0 Å². The lowest BCUT2D eigenvalue weighted by atomic mass is 10.2. The molecular weight excluding hydrogens is 242 g/mol. The Bertz CT molecular complexity index is 237. The van der Waals surface area contributed by atoms with Crippen molar-refractivity contribution in [2.45, 2.75) is 38.0 Å². The van der Waals surface area contributed by atoms with Crippen molar-refractivity contribution < 1.29 is 35.9 Å². The summed E-state index contributed by atoms with van der Waals surface area (Å²) < 4.78 is 76.0. The third kappa shape index (κ3) is 4.71. The number of alkyl halides is 6. The average molecular weight is 252 g/mol. The zero-order valence-electron chi connectivity index (χ0n) is 8.28. The van der Waals surface area contributed by atoms with Gasteiger partial charge >= 0.3 is 18.1 Å². The first-order valence-corrected chi connectivity index (χ1v) is 4.35. The van der Waals surface area contributed by atoms with E-state index in [1.165, 1.54) is 0 Å². The summed E-state index contributed by atoms with van der Waals surface area (Å²) in [5.74, 6) is -5.85. The molecule has 0 aromatic heterocycles. The lowest BCUT2D eigenvalue weighted by Gasteiger charge is -2.22. The zero-order valence-corrected chi connectivity index (χ0v) is 8.28. The molecule has 0 aliphatic heterocycles. The maximum absolute atomic E-state index is 12.5. The number of hydrogen-bond donors (Lipinski definition) is 0. The Kier molecular flexibility index (Phi) is 5.08. The number of ether oxygens (including phenoxy) is 1. The number of carbonyl (C=O) groups is 1. The van der Waals surface area contributed by atoms with Crippen LogP contribution < -0.4 is 0 Å². The van der Waals surface area contributed by atoms with E-state index in [-0.39, 0.29) is 6.42 Å². The second-order valence-electron chi connectivity index (χ2n) is 3.08. The topological polar surface area (TPSA) is 26.3 Å². The van der Waals surface area contributed by atoms with Gasteiger partial charge in [0.05, 0.1) is 0 Å². The minimum absolute atomic E-state index is 0.209. The Morgan fingerprint density at radius 2 is 1.75 bits per heavy atom. The van der Waals surface area contributed by atoms with Gasteiger partial charge in [-0.25, -0.2) is 4.39 Å². The van der Waals surface area contributed by atoms with Crippen LogP contribution in [0.5, 0.6) is 0 Å². The Hall–Kier alpha value is -0.950. The summed E-state index contributed by atoms with van der Waals surface area (Å²) in [6, 6.07) is 0. The molecular formula is C8H10F6O2. The molecule has 0 bridgehead atoms. The van der Waals surface area contributed by atoms with E-state index in [1.54, 1.807) is 6.92 Å². The lowest BCUT2D eigenvalue weighted by Crippen LogP contribution is -2.45. The van der Waals surface area contributed by atoms with Crippen LogP contribution in [-0.2, 0) is 9.53 Å². The highest BCUT2D eigenvalue weighted by Crippen LogP contribution is 2.35. The molecule has 1 atom stereocenters. The van der Waals surface area contributed by atoms with Gasteiger partial charge in [-0.3, -0.25) is 4.79 Å². The van der Waals surface area contributed by atoms with Gasteiger partial charge in [0, 0.05) is 6.42 Å². The monoisotopic (exact) mass is 252 g/mol. The maximum atomic E-state index is 12.5. The summed E-state index contributed by atoms with van der Waals surface area (Å²) >= 11 is 0. The van der Waals surface area contributed by atoms with Gasteiger partial charge in [0.1, 0.15) is 0 Å². The molecule has 8 heteroatoms. The fourth-order valence-corrected chi connectivity index (χ4v) is 0.766. The first-order chi connectivity index (χ1) is 7.11. The van der Waals surface area contributed by atoms with Crippen LogP contribution in [0.3, 0.4) is 0 Å². The molecule has 2 nitrogen and oxygen atoms in total. The molecule has 0 aromatic carbocycles. The Morgan fingerprint density at radius 1 is 1.25 bits per heavy atom. The van der Waals surface area contributed by atoms with E-state index in [0.29, 0.717) is 6.42 Å². The van der Waals surface area contributed by atoms with Crippen LogP contribution >= 0.6 is 0 Å². The van der Waals surface area contributed by atoms with Crippen LogP contribution in [-0.4, -0.2) is 30.8 Å². The molecule has 0 amide bonds. The number of hydrogen-bond acceptors (Lipinski definition) is 2. The van der Waals surface area contributed by atoms with Gasteiger partial charge in [-0.05, 0) is 6.42 Å². The Morgan fingerprint density at radius 3 is 2.12 bits per heavy atom. The highest BCUT2D eigenvalue weighted by atomic mass is 19.4. The van der Waals surface area contributed by atoms with E-state index in [2.05, 4.69) is 4.74 Å². The normalized spacial score (nSPS) is 14.7. The summed E-state index contributed by atoms with van der Waals surface area (Å²) in [6.45, 7) is -0.362. The Balaban J connectivity index is 4.30. The average Bonchev–Trinajstić information content (AvgIpc) is 2.13. The van der Waals surface area contributed by atoms with Gasteiger partial charge in [0.25, 0.3) is 6.17 Å². The van der Waals surface area contributed by atoms with E-state index in [4.69, 9.17) is 0 Å². The van der Waals surface area contributed by atoms with Gasteiger partial charge in [0.15, 0.2) is 6.61 Å². The summed E-state index contributed by atoms with van der Waals surface area (Å²) in [7, 11) is 0. The van der Waals surface area contributed by atoms with E-state index in [0.717, 1.165) is 0 Å². The molecule has 96 valence electrons. The van der Waals surface area contributed by atoms with Crippen molar-refractivity contribution in [2.24, 2.45) is 0 Å². The van der Waals surface area contributed by atoms with Crippen LogP contribution in [0.1, 0.15) is 19.8 Å². The summed E-state index contributed by atoms with van der Waals surface area (Å²) in [5, 5.41) is 0. The zero-order chi connectivity index (χ0) is 13.0. The SMILES string of the molecule is CCCC(=O)OCC(F)(F)C(F)C(F)(F)F. The van der Waals surface area contributed by atoms with E-state index < -0.39 is 30.8 Å². The molecule has 0 heterocycles.